The zero-order valence-electron chi connectivity index (χ0n) is 10.8. The first-order valence-corrected chi connectivity index (χ1v) is 7.82. The summed E-state index contributed by atoms with van der Waals surface area (Å²) in [5.74, 6) is 0.569. The lowest BCUT2D eigenvalue weighted by molar-refractivity contribution is -0.104. The Hall–Kier alpha value is -1.37. The largest absolute Gasteiger partial charge is 0.463 e. The lowest BCUT2D eigenvalue weighted by atomic mass is 10.2. The molecule has 104 valence electrons. The zero-order chi connectivity index (χ0) is 13.9. The number of hydrogen-bond acceptors (Lipinski definition) is 5. The molecule has 6 heteroatoms. The van der Waals surface area contributed by atoms with Gasteiger partial charge in [-0.15, -0.1) is 6.58 Å². The van der Waals surface area contributed by atoms with E-state index in [0.717, 1.165) is 5.56 Å². The van der Waals surface area contributed by atoms with Crippen LogP contribution in [-0.2, 0) is 21.2 Å². The van der Waals surface area contributed by atoms with E-state index in [1.165, 1.54) is 6.26 Å². The molecule has 1 atom stereocenters. The molecule has 0 amide bonds. The summed E-state index contributed by atoms with van der Waals surface area (Å²) in [6.45, 7) is 5.21. The van der Waals surface area contributed by atoms with Gasteiger partial charge in [0.2, 0.25) is 6.29 Å². The minimum Gasteiger partial charge on any atom is -0.463 e. The van der Waals surface area contributed by atoms with Crippen molar-refractivity contribution in [2.24, 2.45) is 0 Å². The van der Waals surface area contributed by atoms with E-state index < -0.39 is 16.1 Å². The molecule has 5 nitrogen and oxygen atoms in total. The van der Waals surface area contributed by atoms with Crippen molar-refractivity contribution in [3.63, 3.8) is 0 Å². The van der Waals surface area contributed by atoms with Gasteiger partial charge in [0.1, 0.15) is 5.75 Å². The maximum absolute atomic E-state index is 11.5. The van der Waals surface area contributed by atoms with Crippen molar-refractivity contribution in [3.05, 3.63) is 36.4 Å². The maximum Gasteiger partial charge on any atom is 0.212 e. The van der Waals surface area contributed by atoms with Gasteiger partial charge in [0.15, 0.2) is 9.84 Å². The Kier molecular flexibility index (Phi) is 4.24. The highest BCUT2D eigenvalue weighted by atomic mass is 32.2. The summed E-state index contributed by atoms with van der Waals surface area (Å²) in [4.78, 5) is 0.256. The van der Waals surface area contributed by atoms with Gasteiger partial charge in [0.05, 0.1) is 18.0 Å². The van der Waals surface area contributed by atoms with Gasteiger partial charge in [-0.3, -0.25) is 0 Å². The van der Waals surface area contributed by atoms with Crippen molar-refractivity contribution in [2.75, 3.05) is 19.3 Å². The fourth-order valence-electron chi connectivity index (χ4n) is 1.76. The first-order valence-electron chi connectivity index (χ1n) is 5.93. The van der Waals surface area contributed by atoms with Gasteiger partial charge in [0.25, 0.3) is 0 Å². The van der Waals surface area contributed by atoms with E-state index in [2.05, 4.69) is 11.9 Å². The smallest absolute Gasteiger partial charge is 0.212 e. The monoisotopic (exact) mass is 283 g/mol. The topological polar surface area (TPSA) is 64.6 Å². The molecular formula is C13H17NO4S. The van der Waals surface area contributed by atoms with Crippen molar-refractivity contribution in [1.82, 2.24) is 5.32 Å². The number of nitrogens with one attached hydrogen (secondary N) is 1. The third-order valence-electron chi connectivity index (χ3n) is 2.75. The van der Waals surface area contributed by atoms with E-state index in [1.54, 1.807) is 24.3 Å². The highest BCUT2D eigenvalue weighted by Gasteiger charge is 2.21. The molecule has 0 radical (unpaired) electrons. The van der Waals surface area contributed by atoms with Crippen LogP contribution in [-0.4, -0.2) is 34.1 Å². The molecule has 1 aromatic rings. The average Bonchev–Trinajstić information content (AvgIpc) is 2.37. The van der Waals surface area contributed by atoms with Crippen LogP contribution in [0.25, 0.3) is 0 Å². The van der Waals surface area contributed by atoms with Crippen molar-refractivity contribution in [2.45, 2.75) is 17.8 Å². The second-order valence-electron chi connectivity index (χ2n) is 4.35. The van der Waals surface area contributed by atoms with Gasteiger partial charge < -0.3 is 14.8 Å². The molecule has 1 aliphatic heterocycles. The predicted molar refractivity (Wildman–Crippen MR) is 71.8 cm³/mol. The fourth-order valence-corrected chi connectivity index (χ4v) is 2.39. The van der Waals surface area contributed by atoms with Crippen molar-refractivity contribution in [3.8, 4) is 5.75 Å². The van der Waals surface area contributed by atoms with Crippen molar-refractivity contribution in [1.29, 1.82) is 0 Å². The normalized spacial score (nSPS) is 18.5. The molecule has 19 heavy (non-hydrogen) atoms. The molecule has 0 saturated carbocycles. The molecule has 1 heterocycles. The molecule has 0 bridgehead atoms. The Morgan fingerprint density at radius 2 is 2.32 bits per heavy atom. The van der Waals surface area contributed by atoms with Crippen LogP contribution in [0.15, 0.2) is 35.7 Å². The summed E-state index contributed by atoms with van der Waals surface area (Å²) in [7, 11) is -3.22. The molecule has 0 fully saturated rings. The van der Waals surface area contributed by atoms with E-state index >= 15 is 0 Å². The molecule has 1 aliphatic rings. The highest BCUT2D eigenvalue weighted by molar-refractivity contribution is 7.90. The third kappa shape index (κ3) is 3.56. The van der Waals surface area contributed by atoms with Crippen molar-refractivity contribution >= 4 is 9.84 Å². The van der Waals surface area contributed by atoms with Gasteiger partial charge in [-0.25, -0.2) is 8.42 Å². The summed E-state index contributed by atoms with van der Waals surface area (Å²) in [6, 6.07) is 4.84. The summed E-state index contributed by atoms with van der Waals surface area (Å²) >= 11 is 0. The molecular weight excluding hydrogens is 266 g/mol. The molecule has 0 spiro atoms. The lowest BCUT2D eigenvalue weighted by Gasteiger charge is -2.26. The van der Waals surface area contributed by atoms with E-state index in [9.17, 15) is 8.42 Å². The van der Waals surface area contributed by atoms with Gasteiger partial charge >= 0.3 is 0 Å². The first-order chi connectivity index (χ1) is 9.00. The zero-order valence-corrected chi connectivity index (χ0v) is 11.6. The Morgan fingerprint density at radius 1 is 1.53 bits per heavy atom. The third-order valence-corrected chi connectivity index (χ3v) is 3.86. The minimum atomic E-state index is -3.22. The van der Waals surface area contributed by atoms with E-state index in [4.69, 9.17) is 9.47 Å². The van der Waals surface area contributed by atoms with Gasteiger partial charge in [0, 0.05) is 18.4 Å². The number of benzene rings is 1. The van der Waals surface area contributed by atoms with E-state index in [0.29, 0.717) is 25.4 Å². The van der Waals surface area contributed by atoms with E-state index in [1.807, 2.05) is 0 Å². The molecule has 1 unspecified atom stereocenters. The summed E-state index contributed by atoms with van der Waals surface area (Å²) < 4.78 is 34.1. The minimum absolute atomic E-state index is 0.256. The number of fused-ring (bicyclic) bond motifs is 1. The Labute approximate surface area is 113 Å². The summed E-state index contributed by atoms with van der Waals surface area (Å²) in [5, 5.41) is 3.09. The average molecular weight is 283 g/mol. The summed E-state index contributed by atoms with van der Waals surface area (Å²) in [5.41, 5.74) is 0.854. The quantitative estimate of drug-likeness (QED) is 0.647. The van der Waals surface area contributed by atoms with Crippen LogP contribution in [0.4, 0.5) is 0 Å². The predicted octanol–water partition coefficient (Wildman–Crippen LogP) is 1.10. The second kappa shape index (κ2) is 5.73. The van der Waals surface area contributed by atoms with Gasteiger partial charge in [-0.1, -0.05) is 12.1 Å². The van der Waals surface area contributed by atoms with E-state index in [-0.39, 0.29) is 4.90 Å². The Balaban J connectivity index is 2.12. The second-order valence-corrected chi connectivity index (χ2v) is 6.36. The van der Waals surface area contributed by atoms with Crippen LogP contribution in [0.5, 0.6) is 5.75 Å². The van der Waals surface area contributed by atoms with Gasteiger partial charge in [-0.05, 0) is 12.1 Å². The van der Waals surface area contributed by atoms with Crippen LogP contribution >= 0.6 is 0 Å². The number of ether oxygens (including phenoxy) is 2. The van der Waals surface area contributed by atoms with Crippen LogP contribution in [0.2, 0.25) is 0 Å². The molecule has 0 aromatic heterocycles. The molecule has 2 rings (SSSR count). The Bertz CT molecular complexity index is 568. The summed E-state index contributed by atoms with van der Waals surface area (Å²) in [6.07, 6.45) is 2.51. The first kappa shape index (κ1) is 14.0. The fraction of sp³-hybridized carbons (Fsp3) is 0.385. The SMILES string of the molecule is C=CCNCC1OCc2ccc(S(C)(=O)=O)cc2O1. The number of hydrogen-bond donors (Lipinski definition) is 1. The van der Waals surface area contributed by atoms with Crippen LogP contribution in [0.3, 0.4) is 0 Å². The number of sulfone groups is 1. The van der Waals surface area contributed by atoms with Gasteiger partial charge in [-0.2, -0.15) is 0 Å². The number of rotatable bonds is 5. The van der Waals surface area contributed by atoms with Crippen LogP contribution < -0.4 is 10.1 Å². The molecule has 1 aromatic carbocycles. The van der Waals surface area contributed by atoms with Crippen LogP contribution in [0, 0.1) is 0 Å². The van der Waals surface area contributed by atoms with Crippen LogP contribution in [0.1, 0.15) is 5.56 Å². The molecule has 1 N–H and O–H groups in total. The Morgan fingerprint density at radius 3 is 3.00 bits per heavy atom. The maximum atomic E-state index is 11.5. The van der Waals surface area contributed by atoms with Crippen molar-refractivity contribution < 1.29 is 17.9 Å². The highest BCUT2D eigenvalue weighted by Crippen LogP contribution is 2.28. The molecule has 0 saturated heterocycles. The standard InChI is InChI=1S/C13H17NO4S/c1-3-6-14-8-13-17-9-10-4-5-11(19(2,15)16)7-12(10)18-13/h3-5,7,13-14H,1,6,8-9H2,2H3. The molecule has 0 aliphatic carbocycles. The lowest BCUT2D eigenvalue weighted by Crippen LogP contribution is -2.36.